The van der Waals surface area contributed by atoms with Gasteiger partial charge in [-0.15, -0.1) is 0 Å². The van der Waals surface area contributed by atoms with Gasteiger partial charge in [0.2, 0.25) is 10.0 Å². The van der Waals surface area contributed by atoms with Gasteiger partial charge in [0, 0.05) is 29.4 Å². The molecule has 1 atom stereocenters. The summed E-state index contributed by atoms with van der Waals surface area (Å²) in [4.78, 5) is 0.211. The van der Waals surface area contributed by atoms with Crippen LogP contribution in [0, 0.1) is 0 Å². The summed E-state index contributed by atoms with van der Waals surface area (Å²) in [5, 5.41) is 9.11. The predicted molar refractivity (Wildman–Crippen MR) is 81.8 cm³/mol. The molecule has 20 heavy (non-hydrogen) atoms. The van der Waals surface area contributed by atoms with Crippen molar-refractivity contribution in [3.63, 3.8) is 0 Å². The summed E-state index contributed by atoms with van der Waals surface area (Å²) in [7, 11) is -3.55. The molecule has 1 aromatic carbocycles. The summed E-state index contributed by atoms with van der Waals surface area (Å²) in [6, 6.07) is 4.56. The largest absolute Gasteiger partial charge is 0.398 e. The maximum absolute atomic E-state index is 12.7. The maximum Gasteiger partial charge on any atom is 0.243 e. The van der Waals surface area contributed by atoms with E-state index in [4.69, 9.17) is 10.8 Å². The first-order chi connectivity index (χ1) is 9.46. The third-order valence-electron chi connectivity index (χ3n) is 3.61. The fraction of sp³-hybridized carbons (Fsp3) is 0.538. The Balaban J connectivity index is 2.34. The average molecular weight is 363 g/mol. The highest BCUT2D eigenvalue weighted by molar-refractivity contribution is 9.10. The molecule has 1 aliphatic rings. The highest BCUT2D eigenvalue weighted by Crippen LogP contribution is 2.29. The molecular weight excluding hydrogens is 344 g/mol. The van der Waals surface area contributed by atoms with Gasteiger partial charge in [-0.2, -0.15) is 4.31 Å². The van der Waals surface area contributed by atoms with E-state index in [0.717, 1.165) is 19.3 Å². The van der Waals surface area contributed by atoms with Crippen LogP contribution in [0.3, 0.4) is 0 Å². The minimum atomic E-state index is -3.55. The summed E-state index contributed by atoms with van der Waals surface area (Å²) in [5.74, 6) is 0. The second kappa shape index (κ2) is 6.43. The number of anilines is 1. The summed E-state index contributed by atoms with van der Waals surface area (Å²) >= 11 is 3.26. The molecule has 0 aromatic heterocycles. The van der Waals surface area contributed by atoms with E-state index in [0.29, 0.717) is 23.1 Å². The SMILES string of the molecule is Nc1cc(S(=O)(=O)N2CCCCC2CCO)ccc1Br. The van der Waals surface area contributed by atoms with E-state index in [9.17, 15) is 8.42 Å². The zero-order valence-corrected chi connectivity index (χ0v) is 13.5. The second-order valence-electron chi connectivity index (χ2n) is 4.96. The Bertz CT molecular complexity index is 575. The molecule has 112 valence electrons. The fourth-order valence-corrected chi connectivity index (χ4v) is 4.55. The Kier molecular flexibility index (Phi) is 5.06. The van der Waals surface area contributed by atoms with Crippen molar-refractivity contribution >= 4 is 31.6 Å². The normalized spacial score (nSPS) is 21.0. The Hall–Kier alpha value is -0.630. The van der Waals surface area contributed by atoms with Crippen LogP contribution in [0.25, 0.3) is 0 Å². The molecule has 5 nitrogen and oxygen atoms in total. The lowest BCUT2D eigenvalue weighted by Gasteiger charge is -2.34. The van der Waals surface area contributed by atoms with E-state index in [1.165, 1.54) is 10.4 Å². The summed E-state index contributed by atoms with van der Waals surface area (Å²) in [5.41, 5.74) is 6.17. The van der Waals surface area contributed by atoms with Gasteiger partial charge in [0.15, 0.2) is 0 Å². The number of nitrogens with two attached hydrogens (primary N) is 1. The first-order valence-electron chi connectivity index (χ1n) is 6.64. The lowest BCUT2D eigenvalue weighted by molar-refractivity contribution is 0.192. The van der Waals surface area contributed by atoms with Crippen LogP contribution in [0.4, 0.5) is 5.69 Å². The number of benzene rings is 1. The summed E-state index contributed by atoms with van der Waals surface area (Å²) < 4.78 is 27.6. The molecule has 1 aliphatic heterocycles. The van der Waals surface area contributed by atoms with Crippen LogP contribution in [-0.2, 0) is 10.0 Å². The lowest BCUT2D eigenvalue weighted by Crippen LogP contribution is -2.44. The van der Waals surface area contributed by atoms with Gasteiger partial charge < -0.3 is 10.8 Å². The number of piperidine rings is 1. The molecule has 0 saturated carbocycles. The maximum atomic E-state index is 12.7. The van der Waals surface area contributed by atoms with Crippen molar-refractivity contribution in [2.24, 2.45) is 0 Å². The molecule has 1 unspecified atom stereocenters. The monoisotopic (exact) mass is 362 g/mol. The van der Waals surface area contributed by atoms with E-state index in [2.05, 4.69) is 15.9 Å². The van der Waals surface area contributed by atoms with Gasteiger partial charge in [-0.3, -0.25) is 0 Å². The number of aliphatic hydroxyl groups excluding tert-OH is 1. The number of nitrogens with zero attached hydrogens (tertiary/aromatic N) is 1. The van der Waals surface area contributed by atoms with Gasteiger partial charge in [0.05, 0.1) is 4.90 Å². The fourth-order valence-electron chi connectivity index (χ4n) is 2.55. The van der Waals surface area contributed by atoms with E-state index in [-0.39, 0.29) is 17.5 Å². The van der Waals surface area contributed by atoms with Gasteiger partial charge in [-0.1, -0.05) is 6.42 Å². The summed E-state index contributed by atoms with van der Waals surface area (Å²) in [6.45, 7) is 0.502. The molecule has 2 rings (SSSR count). The standard InChI is InChI=1S/C13H19BrN2O3S/c14-12-5-4-11(9-13(12)15)20(18,19)16-7-2-1-3-10(16)6-8-17/h4-5,9-10,17H,1-3,6-8,15H2. The summed E-state index contributed by atoms with van der Waals surface area (Å²) in [6.07, 6.45) is 3.13. The van der Waals surface area contributed by atoms with Crippen LogP contribution in [0.2, 0.25) is 0 Å². The molecule has 1 heterocycles. The van der Waals surface area contributed by atoms with Crippen molar-refractivity contribution < 1.29 is 13.5 Å². The molecule has 0 aliphatic carbocycles. The zero-order valence-electron chi connectivity index (χ0n) is 11.1. The van der Waals surface area contributed by atoms with E-state index in [1.807, 2.05) is 0 Å². The van der Waals surface area contributed by atoms with Crippen molar-refractivity contribution in [2.45, 2.75) is 36.6 Å². The van der Waals surface area contributed by atoms with Crippen LogP contribution in [0.5, 0.6) is 0 Å². The minimum Gasteiger partial charge on any atom is -0.398 e. The third-order valence-corrected chi connectivity index (χ3v) is 6.28. The molecule has 7 heteroatoms. The van der Waals surface area contributed by atoms with E-state index in [1.54, 1.807) is 12.1 Å². The van der Waals surface area contributed by atoms with Crippen molar-refractivity contribution in [3.8, 4) is 0 Å². The van der Waals surface area contributed by atoms with Gasteiger partial charge >= 0.3 is 0 Å². The number of rotatable bonds is 4. The van der Waals surface area contributed by atoms with Crippen LogP contribution in [-0.4, -0.2) is 37.0 Å². The number of sulfonamides is 1. The molecule has 0 spiro atoms. The van der Waals surface area contributed by atoms with Crippen molar-refractivity contribution in [1.82, 2.24) is 4.31 Å². The lowest BCUT2D eigenvalue weighted by atomic mass is 10.0. The molecule has 1 aromatic rings. The van der Waals surface area contributed by atoms with Gasteiger partial charge in [-0.25, -0.2) is 8.42 Å². The highest BCUT2D eigenvalue weighted by atomic mass is 79.9. The van der Waals surface area contributed by atoms with Crippen molar-refractivity contribution in [3.05, 3.63) is 22.7 Å². The van der Waals surface area contributed by atoms with Gasteiger partial charge in [0.25, 0.3) is 0 Å². The Morgan fingerprint density at radius 3 is 2.80 bits per heavy atom. The Morgan fingerprint density at radius 2 is 2.15 bits per heavy atom. The van der Waals surface area contributed by atoms with Crippen LogP contribution in [0.15, 0.2) is 27.6 Å². The van der Waals surface area contributed by atoms with E-state index >= 15 is 0 Å². The van der Waals surface area contributed by atoms with Crippen molar-refractivity contribution in [1.29, 1.82) is 0 Å². The Labute approximate surface area is 128 Å². The number of halogens is 1. The molecule has 0 radical (unpaired) electrons. The predicted octanol–water partition coefficient (Wildman–Crippen LogP) is 1.96. The molecule has 1 fully saturated rings. The first kappa shape index (κ1) is 15.8. The van der Waals surface area contributed by atoms with Gasteiger partial charge in [0.1, 0.15) is 0 Å². The third kappa shape index (κ3) is 3.16. The number of nitrogen functional groups attached to an aromatic ring is 1. The second-order valence-corrected chi connectivity index (χ2v) is 7.71. The minimum absolute atomic E-state index is 0.000830. The van der Waals surface area contributed by atoms with Gasteiger partial charge in [-0.05, 0) is 53.4 Å². The first-order valence-corrected chi connectivity index (χ1v) is 8.88. The molecular formula is C13H19BrN2O3S. The Morgan fingerprint density at radius 1 is 1.40 bits per heavy atom. The van der Waals surface area contributed by atoms with Crippen molar-refractivity contribution in [2.75, 3.05) is 18.9 Å². The average Bonchev–Trinajstić information content (AvgIpc) is 2.42. The number of aliphatic hydroxyl groups is 1. The molecule has 0 amide bonds. The molecule has 3 N–H and O–H groups in total. The number of hydrogen-bond acceptors (Lipinski definition) is 4. The topological polar surface area (TPSA) is 83.6 Å². The molecule has 0 bridgehead atoms. The highest BCUT2D eigenvalue weighted by Gasteiger charge is 2.33. The molecule has 1 saturated heterocycles. The van der Waals surface area contributed by atoms with Crippen LogP contribution >= 0.6 is 15.9 Å². The number of hydrogen-bond donors (Lipinski definition) is 2. The quantitative estimate of drug-likeness (QED) is 0.801. The van der Waals surface area contributed by atoms with Crippen LogP contribution < -0.4 is 5.73 Å². The van der Waals surface area contributed by atoms with Crippen LogP contribution in [0.1, 0.15) is 25.7 Å². The smallest absolute Gasteiger partial charge is 0.243 e. The zero-order chi connectivity index (χ0) is 14.8. The van der Waals surface area contributed by atoms with E-state index < -0.39 is 10.0 Å².